The Balaban J connectivity index is 1.90. The van der Waals surface area contributed by atoms with Gasteiger partial charge in [-0.25, -0.2) is 0 Å². The highest BCUT2D eigenvalue weighted by atomic mass is 79.9. The zero-order chi connectivity index (χ0) is 14.8. The molecule has 0 unspecified atom stereocenters. The van der Waals surface area contributed by atoms with Crippen LogP contribution >= 0.6 is 15.9 Å². The summed E-state index contributed by atoms with van der Waals surface area (Å²) in [5, 5.41) is 0. The van der Waals surface area contributed by atoms with E-state index in [2.05, 4.69) is 15.9 Å². The first-order valence-electron chi connectivity index (χ1n) is 6.69. The van der Waals surface area contributed by atoms with Gasteiger partial charge in [0.2, 0.25) is 11.6 Å². The minimum absolute atomic E-state index is 0.392. The van der Waals surface area contributed by atoms with Crippen molar-refractivity contribution in [2.45, 2.75) is 13.0 Å². The Morgan fingerprint density at radius 1 is 0.952 bits per heavy atom. The summed E-state index contributed by atoms with van der Waals surface area (Å²) >= 11 is 3.31. The Morgan fingerprint density at radius 3 is 2.48 bits per heavy atom. The van der Waals surface area contributed by atoms with Crippen LogP contribution in [0.4, 0.5) is 0 Å². The average molecular weight is 345 g/mol. The van der Waals surface area contributed by atoms with E-state index in [1.807, 2.05) is 12.1 Å². The van der Waals surface area contributed by atoms with Crippen LogP contribution in [0.15, 0.2) is 46.9 Å². The number of hydrogen-bond acceptors (Lipinski definition) is 3. The fourth-order valence-corrected chi connectivity index (χ4v) is 2.80. The molecule has 0 aliphatic carbocycles. The van der Waals surface area contributed by atoms with Gasteiger partial charge in [-0.3, -0.25) is 9.59 Å². The predicted octanol–water partition coefficient (Wildman–Crippen LogP) is 3.59. The third-order valence-electron chi connectivity index (χ3n) is 3.53. The van der Waals surface area contributed by atoms with E-state index in [4.69, 9.17) is 4.74 Å². The van der Waals surface area contributed by atoms with E-state index >= 15 is 0 Å². The van der Waals surface area contributed by atoms with Gasteiger partial charge in [0.1, 0.15) is 0 Å². The summed E-state index contributed by atoms with van der Waals surface area (Å²) in [6.07, 6.45) is 0.851. The third kappa shape index (κ3) is 2.96. The molecule has 0 N–H and O–H groups in total. The first-order valence-corrected chi connectivity index (χ1v) is 7.48. The lowest BCUT2D eigenvalue weighted by Gasteiger charge is -2.16. The van der Waals surface area contributed by atoms with Crippen molar-refractivity contribution >= 4 is 27.5 Å². The molecule has 0 amide bonds. The molecule has 0 aromatic heterocycles. The summed E-state index contributed by atoms with van der Waals surface area (Å²) < 4.78 is 6.17. The second-order valence-corrected chi connectivity index (χ2v) is 5.87. The van der Waals surface area contributed by atoms with Crippen molar-refractivity contribution in [1.29, 1.82) is 0 Å². The van der Waals surface area contributed by atoms with Crippen molar-refractivity contribution in [1.82, 2.24) is 0 Å². The van der Waals surface area contributed by atoms with Crippen LogP contribution in [-0.2, 0) is 17.8 Å². The molecule has 106 valence electrons. The maximum atomic E-state index is 12.3. The lowest BCUT2D eigenvalue weighted by Crippen LogP contribution is -2.16. The van der Waals surface area contributed by atoms with Gasteiger partial charge in [-0.05, 0) is 35.7 Å². The van der Waals surface area contributed by atoms with Gasteiger partial charge in [0.05, 0.1) is 13.2 Å². The number of carbonyl (C=O) groups excluding carboxylic acids is 2. The molecule has 0 spiro atoms. The van der Waals surface area contributed by atoms with Crippen LogP contribution in [0.2, 0.25) is 0 Å². The Hall–Kier alpha value is -1.78. The van der Waals surface area contributed by atoms with Crippen LogP contribution in [0.1, 0.15) is 31.8 Å². The Labute approximate surface area is 131 Å². The molecular weight excluding hydrogens is 332 g/mol. The number of ether oxygens (including phenoxy) is 1. The van der Waals surface area contributed by atoms with E-state index in [1.54, 1.807) is 30.3 Å². The smallest absolute Gasteiger partial charge is 0.233 e. The molecule has 0 atom stereocenters. The summed E-state index contributed by atoms with van der Waals surface area (Å²) in [4.78, 5) is 24.6. The molecule has 0 saturated carbocycles. The van der Waals surface area contributed by atoms with E-state index in [0.29, 0.717) is 24.3 Å². The van der Waals surface area contributed by atoms with Gasteiger partial charge >= 0.3 is 0 Å². The molecule has 2 aromatic rings. The van der Waals surface area contributed by atoms with Gasteiger partial charge in [-0.1, -0.05) is 40.2 Å². The van der Waals surface area contributed by atoms with Gasteiger partial charge in [-0.15, -0.1) is 0 Å². The number of benzene rings is 2. The van der Waals surface area contributed by atoms with Gasteiger partial charge in [0.15, 0.2) is 0 Å². The van der Waals surface area contributed by atoms with Crippen LogP contribution in [0.25, 0.3) is 0 Å². The predicted molar refractivity (Wildman–Crippen MR) is 82.6 cm³/mol. The van der Waals surface area contributed by atoms with Crippen molar-refractivity contribution in [3.63, 3.8) is 0 Å². The summed E-state index contributed by atoms with van der Waals surface area (Å²) in [6, 6.07) is 12.3. The second-order valence-electron chi connectivity index (χ2n) is 4.95. The Morgan fingerprint density at radius 2 is 1.71 bits per heavy atom. The molecule has 21 heavy (non-hydrogen) atoms. The molecule has 0 fully saturated rings. The Bertz CT molecular complexity index is 722. The highest BCUT2D eigenvalue weighted by molar-refractivity contribution is 9.10. The topological polar surface area (TPSA) is 43.4 Å². The molecule has 1 aliphatic rings. The molecule has 3 nitrogen and oxygen atoms in total. The van der Waals surface area contributed by atoms with Gasteiger partial charge in [0, 0.05) is 15.6 Å². The second kappa shape index (κ2) is 5.92. The monoisotopic (exact) mass is 344 g/mol. The van der Waals surface area contributed by atoms with Crippen LogP contribution < -0.4 is 0 Å². The number of Topliss-reactive ketones (excluding diaryl/α,β-unsaturated/α-hetero) is 2. The maximum Gasteiger partial charge on any atom is 0.233 e. The van der Waals surface area contributed by atoms with Crippen molar-refractivity contribution in [3.05, 3.63) is 69.2 Å². The van der Waals surface area contributed by atoms with Gasteiger partial charge in [-0.2, -0.15) is 0 Å². The van der Waals surface area contributed by atoms with Crippen molar-refractivity contribution in [2.24, 2.45) is 0 Å². The largest absolute Gasteiger partial charge is 0.376 e. The molecular formula is C17H13BrO3. The quantitative estimate of drug-likeness (QED) is 0.631. The summed E-state index contributed by atoms with van der Waals surface area (Å²) in [5.41, 5.74) is 2.99. The van der Waals surface area contributed by atoms with Gasteiger partial charge < -0.3 is 4.74 Å². The standard InChI is InChI=1S/C17H13BrO3/c18-15-3-1-2-12(9-15)16(19)17(20)13-5-4-11-6-7-21-10-14(11)8-13/h1-5,8-9H,6-7,10H2. The van der Waals surface area contributed by atoms with Crippen molar-refractivity contribution in [3.8, 4) is 0 Å². The molecule has 0 saturated heterocycles. The zero-order valence-electron chi connectivity index (χ0n) is 11.3. The maximum absolute atomic E-state index is 12.3. The first kappa shape index (κ1) is 14.2. The summed E-state index contributed by atoms with van der Waals surface area (Å²) in [6.45, 7) is 1.21. The average Bonchev–Trinajstić information content (AvgIpc) is 2.53. The molecule has 0 radical (unpaired) electrons. The van der Waals surface area contributed by atoms with E-state index in [-0.39, 0.29) is 0 Å². The zero-order valence-corrected chi connectivity index (χ0v) is 12.9. The molecule has 2 aromatic carbocycles. The summed E-state index contributed by atoms with van der Waals surface area (Å²) in [7, 11) is 0. The number of fused-ring (bicyclic) bond motifs is 1. The molecule has 1 heterocycles. The molecule has 4 heteroatoms. The Kier molecular flexibility index (Phi) is 3.99. The van der Waals surface area contributed by atoms with Crippen LogP contribution in [0, 0.1) is 0 Å². The lowest BCUT2D eigenvalue weighted by atomic mass is 9.96. The van der Waals surface area contributed by atoms with E-state index < -0.39 is 11.6 Å². The normalized spacial score (nSPS) is 13.6. The fraction of sp³-hybridized carbons (Fsp3) is 0.176. The number of ketones is 2. The van der Waals surface area contributed by atoms with E-state index in [9.17, 15) is 9.59 Å². The van der Waals surface area contributed by atoms with Crippen LogP contribution in [-0.4, -0.2) is 18.2 Å². The molecule has 0 bridgehead atoms. The lowest BCUT2D eigenvalue weighted by molar-refractivity contribution is 0.0816. The minimum Gasteiger partial charge on any atom is -0.376 e. The minimum atomic E-state index is -0.493. The molecule has 1 aliphatic heterocycles. The number of carbonyl (C=O) groups is 2. The summed E-state index contributed by atoms with van der Waals surface area (Å²) in [5.74, 6) is -0.977. The highest BCUT2D eigenvalue weighted by Crippen LogP contribution is 2.20. The fourth-order valence-electron chi connectivity index (χ4n) is 2.40. The number of halogens is 1. The van der Waals surface area contributed by atoms with Crippen LogP contribution in [0.3, 0.4) is 0 Å². The number of rotatable bonds is 3. The third-order valence-corrected chi connectivity index (χ3v) is 4.03. The van der Waals surface area contributed by atoms with Crippen molar-refractivity contribution in [2.75, 3.05) is 6.61 Å². The first-order chi connectivity index (χ1) is 10.1. The van der Waals surface area contributed by atoms with E-state index in [1.165, 1.54) is 5.56 Å². The molecule has 3 rings (SSSR count). The van der Waals surface area contributed by atoms with Crippen LogP contribution in [0.5, 0.6) is 0 Å². The highest BCUT2D eigenvalue weighted by Gasteiger charge is 2.20. The SMILES string of the molecule is O=C(C(=O)c1ccc2c(c1)COCC2)c1cccc(Br)c1. The van der Waals surface area contributed by atoms with Gasteiger partial charge in [0.25, 0.3) is 0 Å². The van der Waals surface area contributed by atoms with Crippen molar-refractivity contribution < 1.29 is 14.3 Å². The van der Waals surface area contributed by atoms with E-state index in [0.717, 1.165) is 16.5 Å². The number of hydrogen-bond donors (Lipinski definition) is 0.